The van der Waals surface area contributed by atoms with Crippen molar-refractivity contribution in [3.63, 3.8) is 0 Å². The van der Waals surface area contributed by atoms with Gasteiger partial charge in [-0.2, -0.15) is 0 Å². The average molecular weight is 308 g/mol. The molecule has 0 aliphatic rings. The van der Waals surface area contributed by atoms with Gasteiger partial charge in [0.25, 0.3) is 0 Å². The van der Waals surface area contributed by atoms with Crippen LogP contribution in [0.1, 0.15) is 11.3 Å². The standard InChI is InChI=1S/C13H10ClN3S2/c1-7-3-4-18-11(7)9-5-8(2)15-12(16-9)13-17-10(14)6-19-13/h3-6H,1-2H3. The van der Waals surface area contributed by atoms with Crippen LogP contribution in [0.3, 0.4) is 0 Å². The Balaban J connectivity index is 2.13. The largest absolute Gasteiger partial charge is 0.231 e. The molecular weight excluding hydrogens is 298 g/mol. The lowest BCUT2D eigenvalue weighted by Gasteiger charge is -2.03. The molecular formula is C13H10ClN3S2. The Hall–Kier alpha value is -1.30. The van der Waals surface area contributed by atoms with Gasteiger partial charge in [0, 0.05) is 11.1 Å². The molecule has 0 bridgehead atoms. The summed E-state index contributed by atoms with van der Waals surface area (Å²) >= 11 is 9.00. The van der Waals surface area contributed by atoms with Crippen LogP contribution in [-0.4, -0.2) is 15.0 Å². The lowest BCUT2D eigenvalue weighted by atomic mass is 10.2. The molecule has 0 N–H and O–H groups in total. The maximum absolute atomic E-state index is 5.86. The van der Waals surface area contributed by atoms with Gasteiger partial charge in [0.15, 0.2) is 10.8 Å². The predicted molar refractivity (Wildman–Crippen MR) is 80.9 cm³/mol. The monoisotopic (exact) mass is 307 g/mol. The van der Waals surface area contributed by atoms with Crippen molar-refractivity contribution < 1.29 is 0 Å². The highest BCUT2D eigenvalue weighted by Gasteiger charge is 2.12. The summed E-state index contributed by atoms with van der Waals surface area (Å²) in [5.41, 5.74) is 3.10. The third kappa shape index (κ3) is 2.54. The van der Waals surface area contributed by atoms with E-state index in [-0.39, 0.29) is 0 Å². The minimum absolute atomic E-state index is 0.485. The highest BCUT2D eigenvalue weighted by atomic mass is 35.5. The highest BCUT2D eigenvalue weighted by molar-refractivity contribution is 7.14. The zero-order chi connectivity index (χ0) is 13.4. The summed E-state index contributed by atoms with van der Waals surface area (Å²) < 4.78 is 0. The van der Waals surface area contributed by atoms with Crippen LogP contribution in [0.4, 0.5) is 0 Å². The minimum atomic E-state index is 0.485. The second kappa shape index (κ2) is 5.00. The Kier molecular flexibility index (Phi) is 3.35. The van der Waals surface area contributed by atoms with E-state index < -0.39 is 0 Å². The normalized spacial score (nSPS) is 10.9. The number of thiazole rings is 1. The van der Waals surface area contributed by atoms with E-state index in [1.807, 2.05) is 13.0 Å². The van der Waals surface area contributed by atoms with Crippen molar-refractivity contribution in [1.29, 1.82) is 0 Å². The number of thiophene rings is 1. The van der Waals surface area contributed by atoms with Crippen molar-refractivity contribution >= 4 is 34.3 Å². The summed E-state index contributed by atoms with van der Waals surface area (Å²) in [7, 11) is 0. The molecule has 0 aliphatic carbocycles. The average Bonchev–Trinajstić information content (AvgIpc) is 2.97. The smallest absolute Gasteiger partial charge is 0.189 e. The molecule has 96 valence electrons. The molecule has 0 saturated heterocycles. The molecule has 0 radical (unpaired) electrons. The third-order valence-electron chi connectivity index (χ3n) is 2.62. The van der Waals surface area contributed by atoms with E-state index in [4.69, 9.17) is 11.6 Å². The SMILES string of the molecule is Cc1cc(-c2sccc2C)nc(-c2nc(Cl)cs2)n1. The van der Waals surface area contributed by atoms with E-state index in [2.05, 4.69) is 33.3 Å². The fraction of sp³-hybridized carbons (Fsp3) is 0.154. The molecule has 3 heterocycles. The Morgan fingerprint density at radius 3 is 2.58 bits per heavy atom. The van der Waals surface area contributed by atoms with E-state index in [1.54, 1.807) is 16.7 Å². The molecule has 3 nitrogen and oxygen atoms in total. The number of nitrogens with zero attached hydrogens (tertiary/aromatic N) is 3. The number of aryl methyl sites for hydroxylation is 2. The molecule has 0 atom stereocenters. The molecule has 0 aromatic carbocycles. The van der Waals surface area contributed by atoms with Crippen molar-refractivity contribution in [3.8, 4) is 21.4 Å². The second-order valence-electron chi connectivity index (χ2n) is 4.13. The van der Waals surface area contributed by atoms with Crippen LogP contribution in [0.25, 0.3) is 21.4 Å². The number of rotatable bonds is 2. The van der Waals surface area contributed by atoms with E-state index >= 15 is 0 Å². The Morgan fingerprint density at radius 2 is 1.95 bits per heavy atom. The van der Waals surface area contributed by atoms with E-state index in [0.717, 1.165) is 16.4 Å². The summed E-state index contributed by atoms with van der Waals surface area (Å²) in [4.78, 5) is 14.5. The summed E-state index contributed by atoms with van der Waals surface area (Å²) in [6, 6.07) is 4.09. The van der Waals surface area contributed by atoms with Crippen LogP contribution in [0.2, 0.25) is 5.15 Å². The van der Waals surface area contributed by atoms with Gasteiger partial charge in [-0.15, -0.1) is 22.7 Å². The molecule has 6 heteroatoms. The lowest BCUT2D eigenvalue weighted by Crippen LogP contribution is -1.94. The quantitative estimate of drug-likeness (QED) is 0.694. The van der Waals surface area contributed by atoms with Crippen molar-refractivity contribution in [1.82, 2.24) is 15.0 Å². The zero-order valence-electron chi connectivity index (χ0n) is 10.3. The molecule has 3 rings (SSSR count). The molecule has 0 unspecified atom stereocenters. The van der Waals surface area contributed by atoms with Crippen LogP contribution >= 0.6 is 34.3 Å². The molecule has 0 fully saturated rings. The third-order valence-corrected chi connectivity index (χ3v) is 4.82. The Bertz CT molecular complexity index is 733. The first-order chi connectivity index (χ1) is 9.13. The topological polar surface area (TPSA) is 38.7 Å². The first-order valence-corrected chi connectivity index (χ1v) is 7.79. The van der Waals surface area contributed by atoms with Gasteiger partial charge in [-0.05, 0) is 36.9 Å². The van der Waals surface area contributed by atoms with Gasteiger partial charge in [0.1, 0.15) is 5.15 Å². The van der Waals surface area contributed by atoms with Gasteiger partial charge < -0.3 is 0 Å². The fourth-order valence-electron chi connectivity index (χ4n) is 1.77. The Morgan fingerprint density at radius 1 is 1.11 bits per heavy atom. The van der Waals surface area contributed by atoms with Crippen molar-refractivity contribution in [2.45, 2.75) is 13.8 Å². The number of halogens is 1. The molecule has 0 aliphatic heterocycles. The van der Waals surface area contributed by atoms with Crippen molar-refractivity contribution in [2.24, 2.45) is 0 Å². The van der Waals surface area contributed by atoms with Crippen LogP contribution in [-0.2, 0) is 0 Å². The van der Waals surface area contributed by atoms with Gasteiger partial charge in [-0.3, -0.25) is 0 Å². The van der Waals surface area contributed by atoms with Crippen LogP contribution in [0, 0.1) is 13.8 Å². The van der Waals surface area contributed by atoms with E-state index in [9.17, 15) is 0 Å². The van der Waals surface area contributed by atoms with Gasteiger partial charge in [0.05, 0.1) is 10.6 Å². The van der Waals surface area contributed by atoms with Gasteiger partial charge in [-0.25, -0.2) is 15.0 Å². The van der Waals surface area contributed by atoms with E-state index in [1.165, 1.54) is 21.8 Å². The van der Waals surface area contributed by atoms with Crippen molar-refractivity contribution in [2.75, 3.05) is 0 Å². The zero-order valence-corrected chi connectivity index (χ0v) is 12.7. The van der Waals surface area contributed by atoms with E-state index in [0.29, 0.717) is 11.0 Å². The second-order valence-corrected chi connectivity index (χ2v) is 6.29. The lowest BCUT2D eigenvalue weighted by molar-refractivity contribution is 1.11. The predicted octanol–water partition coefficient (Wildman–Crippen LogP) is 4.60. The Labute approximate surface area is 124 Å². The van der Waals surface area contributed by atoms with Crippen LogP contribution < -0.4 is 0 Å². The van der Waals surface area contributed by atoms with Crippen molar-refractivity contribution in [3.05, 3.63) is 39.3 Å². The number of hydrogen-bond donors (Lipinski definition) is 0. The first kappa shape index (κ1) is 12.7. The summed E-state index contributed by atoms with van der Waals surface area (Å²) in [5.74, 6) is 0.639. The van der Waals surface area contributed by atoms with Gasteiger partial charge >= 0.3 is 0 Å². The number of aromatic nitrogens is 3. The fourth-order valence-corrected chi connectivity index (χ4v) is 3.54. The molecule has 0 saturated carbocycles. The summed E-state index contributed by atoms with van der Waals surface area (Å²) in [5, 5.41) is 5.10. The van der Waals surface area contributed by atoms with Gasteiger partial charge in [0.2, 0.25) is 0 Å². The first-order valence-electron chi connectivity index (χ1n) is 5.65. The summed E-state index contributed by atoms with van der Waals surface area (Å²) in [6.45, 7) is 4.05. The molecule has 3 aromatic heterocycles. The van der Waals surface area contributed by atoms with Gasteiger partial charge in [-0.1, -0.05) is 11.6 Å². The molecule has 3 aromatic rings. The maximum atomic E-state index is 5.86. The molecule has 19 heavy (non-hydrogen) atoms. The molecule has 0 amide bonds. The van der Waals surface area contributed by atoms with Crippen LogP contribution in [0.15, 0.2) is 22.9 Å². The number of hydrogen-bond acceptors (Lipinski definition) is 5. The minimum Gasteiger partial charge on any atom is -0.231 e. The summed E-state index contributed by atoms with van der Waals surface area (Å²) in [6.07, 6.45) is 0. The highest BCUT2D eigenvalue weighted by Crippen LogP contribution is 2.30. The maximum Gasteiger partial charge on any atom is 0.189 e. The van der Waals surface area contributed by atoms with Crippen LogP contribution in [0.5, 0.6) is 0 Å². The molecule has 0 spiro atoms.